The van der Waals surface area contributed by atoms with Gasteiger partial charge in [-0.3, -0.25) is 0 Å². The Bertz CT molecular complexity index is 690. The van der Waals surface area contributed by atoms with Crippen molar-refractivity contribution in [3.05, 3.63) is 48.3 Å². The van der Waals surface area contributed by atoms with Crippen LogP contribution in [0.5, 0.6) is 0 Å². The summed E-state index contributed by atoms with van der Waals surface area (Å²) in [6.45, 7) is 0. The molecule has 0 spiro atoms. The van der Waals surface area contributed by atoms with Crippen molar-refractivity contribution in [2.24, 2.45) is 0 Å². The predicted octanol–water partition coefficient (Wildman–Crippen LogP) is 1.66. The van der Waals surface area contributed by atoms with Gasteiger partial charge in [0.05, 0.1) is 11.6 Å². The molecule has 0 saturated heterocycles. The number of fused-ring (bicyclic) bond motifs is 1. The van der Waals surface area contributed by atoms with Crippen LogP contribution in [0.15, 0.2) is 42.7 Å². The first-order chi connectivity index (χ1) is 8.36. The normalized spacial score (nSPS) is 10.3. The third-order valence-electron chi connectivity index (χ3n) is 2.37. The van der Waals surface area contributed by atoms with Gasteiger partial charge >= 0.3 is 0 Å². The van der Waals surface area contributed by atoms with Crippen molar-refractivity contribution in [3.63, 3.8) is 0 Å². The number of rotatable bonds is 1. The minimum atomic E-state index is 0.546. The fourth-order valence-corrected chi connectivity index (χ4v) is 1.58. The smallest absolute Gasteiger partial charge is 0.220 e. The van der Waals surface area contributed by atoms with Gasteiger partial charge in [0, 0.05) is 18.0 Å². The molecule has 5 heteroatoms. The molecule has 0 atom stereocenters. The molecule has 1 aromatic carbocycles. The minimum absolute atomic E-state index is 0.546. The highest BCUT2D eigenvalue weighted by molar-refractivity contribution is 5.59. The van der Waals surface area contributed by atoms with E-state index in [0.717, 1.165) is 5.56 Å². The lowest BCUT2D eigenvalue weighted by Crippen LogP contribution is -1.87. The van der Waals surface area contributed by atoms with Crippen LogP contribution in [0.3, 0.4) is 0 Å². The van der Waals surface area contributed by atoms with Crippen molar-refractivity contribution in [1.29, 1.82) is 5.26 Å². The summed E-state index contributed by atoms with van der Waals surface area (Å²) >= 11 is 0. The van der Waals surface area contributed by atoms with E-state index in [9.17, 15) is 0 Å². The number of benzene rings is 1. The SMILES string of the molecule is N#Cc1cccc(-c2nc3ncccn3n2)c1. The average molecular weight is 221 g/mol. The number of hydrogen-bond acceptors (Lipinski definition) is 4. The molecule has 0 aliphatic heterocycles. The zero-order chi connectivity index (χ0) is 11.7. The Labute approximate surface area is 97.0 Å². The van der Waals surface area contributed by atoms with Crippen molar-refractivity contribution in [2.75, 3.05) is 0 Å². The molecule has 3 aromatic rings. The molecule has 0 radical (unpaired) electrons. The molecule has 0 N–H and O–H groups in total. The second-order valence-electron chi connectivity index (χ2n) is 3.49. The Morgan fingerprint density at radius 2 is 2.18 bits per heavy atom. The Hall–Kier alpha value is -2.74. The summed E-state index contributed by atoms with van der Waals surface area (Å²) < 4.78 is 1.61. The minimum Gasteiger partial charge on any atom is -0.220 e. The summed E-state index contributed by atoms with van der Waals surface area (Å²) in [6.07, 6.45) is 3.45. The van der Waals surface area contributed by atoms with Crippen molar-refractivity contribution in [1.82, 2.24) is 19.6 Å². The maximum absolute atomic E-state index is 8.84. The lowest BCUT2D eigenvalue weighted by atomic mass is 10.1. The lowest BCUT2D eigenvalue weighted by molar-refractivity contribution is 0.942. The van der Waals surface area contributed by atoms with Gasteiger partial charge in [0.15, 0.2) is 5.82 Å². The van der Waals surface area contributed by atoms with Gasteiger partial charge in [-0.2, -0.15) is 10.2 Å². The van der Waals surface area contributed by atoms with Crippen molar-refractivity contribution in [3.8, 4) is 17.5 Å². The highest BCUT2D eigenvalue weighted by Crippen LogP contribution is 2.16. The van der Waals surface area contributed by atoms with E-state index in [4.69, 9.17) is 5.26 Å². The van der Waals surface area contributed by atoms with Crippen LogP contribution in [0, 0.1) is 11.3 Å². The fraction of sp³-hybridized carbons (Fsp3) is 0. The number of nitriles is 1. The Kier molecular flexibility index (Phi) is 2.06. The van der Waals surface area contributed by atoms with E-state index in [1.807, 2.05) is 12.1 Å². The molecule has 80 valence electrons. The van der Waals surface area contributed by atoms with Crippen molar-refractivity contribution < 1.29 is 0 Å². The molecular formula is C12H7N5. The van der Waals surface area contributed by atoms with E-state index in [1.165, 1.54) is 0 Å². The largest absolute Gasteiger partial charge is 0.252 e. The maximum Gasteiger partial charge on any atom is 0.252 e. The van der Waals surface area contributed by atoms with Crippen LogP contribution in [0.4, 0.5) is 0 Å². The quantitative estimate of drug-likeness (QED) is 0.626. The molecule has 0 bridgehead atoms. The molecule has 2 heterocycles. The maximum atomic E-state index is 8.84. The van der Waals surface area contributed by atoms with Gasteiger partial charge in [-0.05, 0) is 18.2 Å². The van der Waals surface area contributed by atoms with Gasteiger partial charge in [0.1, 0.15) is 0 Å². The van der Waals surface area contributed by atoms with Gasteiger partial charge in [0.2, 0.25) is 0 Å². The van der Waals surface area contributed by atoms with Crippen molar-refractivity contribution in [2.45, 2.75) is 0 Å². The van der Waals surface area contributed by atoms with E-state index in [2.05, 4.69) is 21.1 Å². The van der Waals surface area contributed by atoms with Crippen LogP contribution in [0.2, 0.25) is 0 Å². The van der Waals surface area contributed by atoms with Gasteiger partial charge < -0.3 is 0 Å². The van der Waals surface area contributed by atoms with Crippen LogP contribution >= 0.6 is 0 Å². The lowest BCUT2D eigenvalue weighted by Gasteiger charge is -1.94. The summed E-state index contributed by atoms with van der Waals surface area (Å²) in [5.74, 6) is 1.12. The molecule has 17 heavy (non-hydrogen) atoms. The Balaban J connectivity index is 2.17. The summed E-state index contributed by atoms with van der Waals surface area (Å²) in [6, 6.07) is 11.1. The third kappa shape index (κ3) is 1.62. The highest BCUT2D eigenvalue weighted by Gasteiger charge is 2.06. The monoisotopic (exact) mass is 221 g/mol. The molecule has 0 unspecified atom stereocenters. The van der Waals surface area contributed by atoms with Crippen LogP contribution < -0.4 is 0 Å². The van der Waals surface area contributed by atoms with Crippen LogP contribution in [0.25, 0.3) is 17.2 Å². The zero-order valence-electron chi connectivity index (χ0n) is 8.78. The van der Waals surface area contributed by atoms with E-state index in [-0.39, 0.29) is 0 Å². The predicted molar refractivity (Wildman–Crippen MR) is 60.9 cm³/mol. The number of nitrogens with zero attached hydrogens (tertiary/aromatic N) is 5. The summed E-state index contributed by atoms with van der Waals surface area (Å²) in [7, 11) is 0. The first-order valence-electron chi connectivity index (χ1n) is 5.05. The molecule has 0 fully saturated rings. The third-order valence-corrected chi connectivity index (χ3v) is 2.37. The molecule has 5 nitrogen and oxygen atoms in total. The van der Waals surface area contributed by atoms with E-state index in [1.54, 1.807) is 35.1 Å². The molecule has 3 rings (SSSR count). The van der Waals surface area contributed by atoms with Gasteiger partial charge in [-0.25, -0.2) is 9.50 Å². The molecule has 0 amide bonds. The molecule has 0 saturated carbocycles. The van der Waals surface area contributed by atoms with Gasteiger partial charge in [0.25, 0.3) is 5.78 Å². The standard InChI is InChI=1S/C12H7N5/c13-8-9-3-1-4-10(7-9)11-15-12-14-5-2-6-17(12)16-11/h1-7H. The van der Waals surface area contributed by atoms with Crippen LogP contribution in [-0.2, 0) is 0 Å². The molecule has 2 aromatic heterocycles. The first kappa shape index (κ1) is 9.48. The van der Waals surface area contributed by atoms with E-state index in [0.29, 0.717) is 17.2 Å². The second kappa shape index (κ2) is 3.68. The van der Waals surface area contributed by atoms with Gasteiger partial charge in [-0.1, -0.05) is 12.1 Å². The average Bonchev–Trinajstić information content (AvgIpc) is 2.82. The van der Waals surface area contributed by atoms with E-state index >= 15 is 0 Å². The molecule has 0 aliphatic carbocycles. The van der Waals surface area contributed by atoms with Gasteiger partial charge in [-0.15, -0.1) is 5.10 Å². The summed E-state index contributed by atoms with van der Waals surface area (Å²) in [4.78, 5) is 8.38. The first-order valence-corrected chi connectivity index (χ1v) is 5.05. The summed E-state index contributed by atoms with van der Waals surface area (Å²) in [5, 5.41) is 13.1. The zero-order valence-corrected chi connectivity index (χ0v) is 8.78. The second-order valence-corrected chi connectivity index (χ2v) is 3.49. The highest BCUT2D eigenvalue weighted by atomic mass is 15.3. The topological polar surface area (TPSA) is 66.9 Å². The Morgan fingerprint density at radius 3 is 3.00 bits per heavy atom. The number of hydrogen-bond donors (Lipinski definition) is 0. The Morgan fingerprint density at radius 1 is 1.24 bits per heavy atom. The van der Waals surface area contributed by atoms with Crippen LogP contribution in [0.1, 0.15) is 5.56 Å². The van der Waals surface area contributed by atoms with E-state index < -0.39 is 0 Å². The number of aromatic nitrogens is 4. The molecular weight excluding hydrogens is 214 g/mol. The fourth-order valence-electron chi connectivity index (χ4n) is 1.58. The van der Waals surface area contributed by atoms with Crippen molar-refractivity contribution >= 4 is 5.78 Å². The van der Waals surface area contributed by atoms with Crippen LogP contribution in [-0.4, -0.2) is 19.6 Å². The summed E-state index contributed by atoms with van der Waals surface area (Å²) in [5.41, 5.74) is 1.41. The molecule has 0 aliphatic rings.